The number of piperidine rings is 1. The molecule has 1 aromatic rings. The molecule has 1 heterocycles. The van der Waals surface area contributed by atoms with Crippen molar-refractivity contribution in [1.82, 2.24) is 10.2 Å². The van der Waals surface area contributed by atoms with Gasteiger partial charge in [0.15, 0.2) is 0 Å². The van der Waals surface area contributed by atoms with Crippen molar-refractivity contribution in [3.8, 4) is 5.75 Å². The van der Waals surface area contributed by atoms with E-state index >= 15 is 0 Å². The lowest BCUT2D eigenvalue weighted by molar-refractivity contribution is -0.136. The van der Waals surface area contributed by atoms with E-state index < -0.39 is 0 Å². The summed E-state index contributed by atoms with van der Waals surface area (Å²) in [4.78, 5) is 26.6. The molecule has 1 fully saturated rings. The molecule has 0 aromatic heterocycles. The number of nitrogens with one attached hydrogen (secondary N) is 1. The van der Waals surface area contributed by atoms with Gasteiger partial charge in [-0.05, 0) is 31.4 Å². The number of halogens is 1. The highest BCUT2D eigenvalue weighted by Gasteiger charge is 2.28. The molecule has 1 atom stereocenters. The van der Waals surface area contributed by atoms with Gasteiger partial charge in [0.05, 0.1) is 13.0 Å². The third-order valence-electron chi connectivity index (χ3n) is 5.08. The average Bonchev–Trinajstić information content (AvgIpc) is 2.71. The number of benzene rings is 1. The quantitative estimate of drug-likeness (QED) is 0.620. The summed E-state index contributed by atoms with van der Waals surface area (Å²) in [6.07, 6.45) is 4.88. The maximum atomic E-state index is 12.4. The Labute approximate surface area is 174 Å². The van der Waals surface area contributed by atoms with Gasteiger partial charge in [-0.2, -0.15) is 0 Å². The molecular weight excluding hydrogens is 378 g/mol. The number of rotatable bonds is 10. The Morgan fingerprint density at radius 1 is 1.25 bits per heavy atom. The number of hydrogen-bond donors (Lipinski definition) is 2. The van der Waals surface area contributed by atoms with Crippen molar-refractivity contribution in [2.45, 2.75) is 51.5 Å². The van der Waals surface area contributed by atoms with Gasteiger partial charge in [-0.1, -0.05) is 38.0 Å². The summed E-state index contributed by atoms with van der Waals surface area (Å²) in [5, 5.41) is 3.08. The number of para-hydroxylation sites is 1. The third kappa shape index (κ3) is 8.07. The maximum absolute atomic E-state index is 12.4. The molecule has 0 radical (unpaired) electrons. The number of amides is 2. The van der Waals surface area contributed by atoms with Crippen molar-refractivity contribution in [2.24, 2.45) is 11.7 Å². The summed E-state index contributed by atoms with van der Waals surface area (Å²) in [6, 6.07) is 9.56. The number of carbonyl (C=O) groups is 2. The number of nitrogens with zero attached hydrogens (tertiary/aromatic N) is 1. The molecule has 6 nitrogen and oxygen atoms in total. The molecule has 1 unspecified atom stereocenters. The molecule has 0 bridgehead atoms. The molecule has 3 N–H and O–H groups in total. The highest BCUT2D eigenvalue weighted by molar-refractivity contribution is 5.85. The van der Waals surface area contributed by atoms with Gasteiger partial charge in [0.2, 0.25) is 11.8 Å². The van der Waals surface area contributed by atoms with Crippen molar-refractivity contribution in [2.75, 3.05) is 26.2 Å². The monoisotopic (exact) mass is 411 g/mol. The molecule has 0 spiro atoms. The van der Waals surface area contributed by atoms with E-state index in [0.717, 1.165) is 25.0 Å². The second kappa shape index (κ2) is 13.4. The van der Waals surface area contributed by atoms with Crippen LogP contribution in [0.5, 0.6) is 5.75 Å². The van der Waals surface area contributed by atoms with E-state index in [2.05, 4.69) is 12.2 Å². The van der Waals surface area contributed by atoms with Gasteiger partial charge >= 0.3 is 0 Å². The standard InChI is InChI=1S/C21H33N3O3.ClH/c1-2-3-7-18(16-22)23-21(26)17-10-13-24(14-11-17)20(25)12-15-27-19-8-5-4-6-9-19;/h4-6,8-9,17-18H,2-3,7,10-16,22H2,1H3,(H,23,26);1H. The summed E-state index contributed by atoms with van der Waals surface area (Å²) in [5.74, 6) is 0.928. The number of carbonyl (C=O) groups excluding carboxylic acids is 2. The van der Waals surface area contributed by atoms with Gasteiger partial charge in [-0.3, -0.25) is 9.59 Å². The number of likely N-dealkylation sites (tertiary alicyclic amines) is 1. The lowest BCUT2D eigenvalue weighted by Gasteiger charge is -2.32. The van der Waals surface area contributed by atoms with E-state index in [0.29, 0.717) is 45.5 Å². The first-order chi connectivity index (χ1) is 13.1. The largest absolute Gasteiger partial charge is 0.493 e. The number of hydrogen-bond acceptors (Lipinski definition) is 4. The predicted octanol–water partition coefficient (Wildman–Crippen LogP) is 2.75. The van der Waals surface area contributed by atoms with E-state index in [9.17, 15) is 9.59 Å². The van der Waals surface area contributed by atoms with Crippen LogP contribution in [0.15, 0.2) is 30.3 Å². The molecule has 28 heavy (non-hydrogen) atoms. The van der Waals surface area contributed by atoms with E-state index in [-0.39, 0.29) is 36.2 Å². The van der Waals surface area contributed by atoms with Gasteiger partial charge in [0.1, 0.15) is 5.75 Å². The molecule has 2 amide bonds. The van der Waals surface area contributed by atoms with E-state index in [1.165, 1.54) is 0 Å². The Balaban J connectivity index is 0.00000392. The van der Waals surface area contributed by atoms with Crippen LogP contribution in [-0.2, 0) is 9.59 Å². The molecule has 1 aromatic carbocycles. The summed E-state index contributed by atoms with van der Waals surface area (Å²) in [5.41, 5.74) is 5.76. The lowest BCUT2D eigenvalue weighted by atomic mass is 9.95. The van der Waals surface area contributed by atoms with Gasteiger partial charge in [0, 0.05) is 31.6 Å². The number of ether oxygens (including phenoxy) is 1. The minimum Gasteiger partial charge on any atom is -0.493 e. The van der Waals surface area contributed by atoms with Crippen LogP contribution in [0, 0.1) is 5.92 Å². The maximum Gasteiger partial charge on any atom is 0.225 e. The first-order valence-electron chi connectivity index (χ1n) is 10.1. The zero-order valence-corrected chi connectivity index (χ0v) is 17.6. The van der Waals surface area contributed by atoms with Crippen molar-refractivity contribution in [3.63, 3.8) is 0 Å². The average molecular weight is 412 g/mol. The second-order valence-electron chi connectivity index (χ2n) is 7.15. The lowest BCUT2D eigenvalue weighted by Crippen LogP contribution is -2.47. The number of nitrogens with two attached hydrogens (primary N) is 1. The minimum absolute atomic E-state index is 0. The fourth-order valence-corrected chi connectivity index (χ4v) is 3.34. The van der Waals surface area contributed by atoms with E-state index in [1.807, 2.05) is 35.2 Å². The fourth-order valence-electron chi connectivity index (χ4n) is 3.34. The van der Waals surface area contributed by atoms with Crippen LogP contribution in [0.4, 0.5) is 0 Å². The molecule has 0 saturated carbocycles. The van der Waals surface area contributed by atoms with Crippen LogP contribution in [0.2, 0.25) is 0 Å². The zero-order chi connectivity index (χ0) is 19.5. The molecular formula is C21H34ClN3O3. The normalized spacial score (nSPS) is 15.4. The molecule has 158 valence electrons. The van der Waals surface area contributed by atoms with Crippen molar-refractivity contribution >= 4 is 24.2 Å². The summed E-state index contributed by atoms with van der Waals surface area (Å²) >= 11 is 0. The SMILES string of the molecule is CCCCC(CN)NC(=O)C1CCN(C(=O)CCOc2ccccc2)CC1.Cl. The van der Waals surface area contributed by atoms with E-state index in [1.54, 1.807) is 0 Å². The van der Waals surface area contributed by atoms with Crippen LogP contribution in [0.1, 0.15) is 45.4 Å². The Morgan fingerprint density at radius 3 is 2.54 bits per heavy atom. The van der Waals surface area contributed by atoms with Gasteiger partial charge in [0.25, 0.3) is 0 Å². The molecule has 2 rings (SSSR count). The molecule has 7 heteroatoms. The van der Waals surface area contributed by atoms with Crippen molar-refractivity contribution in [3.05, 3.63) is 30.3 Å². The third-order valence-corrected chi connectivity index (χ3v) is 5.08. The van der Waals surface area contributed by atoms with Crippen LogP contribution < -0.4 is 15.8 Å². The van der Waals surface area contributed by atoms with Crippen LogP contribution in [0.3, 0.4) is 0 Å². The Kier molecular flexibility index (Phi) is 11.6. The Morgan fingerprint density at radius 2 is 1.93 bits per heavy atom. The van der Waals surface area contributed by atoms with E-state index in [4.69, 9.17) is 10.5 Å². The molecule has 1 aliphatic heterocycles. The fraction of sp³-hybridized carbons (Fsp3) is 0.619. The van der Waals surface area contributed by atoms with Gasteiger partial charge < -0.3 is 20.7 Å². The summed E-state index contributed by atoms with van der Waals surface area (Å²) in [6.45, 7) is 4.24. The molecule has 1 aliphatic rings. The van der Waals surface area contributed by atoms with Crippen molar-refractivity contribution < 1.29 is 14.3 Å². The number of unbranched alkanes of at least 4 members (excludes halogenated alkanes) is 1. The first kappa shape index (κ1) is 24.2. The zero-order valence-electron chi connectivity index (χ0n) is 16.8. The predicted molar refractivity (Wildman–Crippen MR) is 114 cm³/mol. The first-order valence-corrected chi connectivity index (χ1v) is 10.1. The smallest absolute Gasteiger partial charge is 0.225 e. The van der Waals surface area contributed by atoms with Crippen LogP contribution >= 0.6 is 12.4 Å². The second-order valence-corrected chi connectivity index (χ2v) is 7.15. The summed E-state index contributed by atoms with van der Waals surface area (Å²) < 4.78 is 5.59. The molecule has 0 aliphatic carbocycles. The van der Waals surface area contributed by atoms with Gasteiger partial charge in [-0.15, -0.1) is 12.4 Å². The summed E-state index contributed by atoms with van der Waals surface area (Å²) in [7, 11) is 0. The van der Waals surface area contributed by atoms with Crippen LogP contribution in [0.25, 0.3) is 0 Å². The minimum atomic E-state index is -0.0229. The molecule has 1 saturated heterocycles. The van der Waals surface area contributed by atoms with Crippen molar-refractivity contribution in [1.29, 1.82) is 0 Å². The highest BCUT2D eigenvalue weighted by Crippen LogP contribution is 2.19. The van der Waals surface area contributed by atoms with Crippen LogP contribution in [-0.4, -0.2) is 49.0 Å². The highest BCUT2D eigenvalue weighted by atomic mass is 35.5. The Hall–Kier alpha value is -1.79. The topological polar surface area (TPSA) is 84.7 Å². The Bertz CT molecular complexity index is 578. The van der Waals surface area contributed by atoms with Gasteiger partial charge in [-0.25, -0.2) is 0 Å².